The molecule has 0 atom stereocenters. The molecule has 1 aromatic heterocycles. The maximum absolute atomic E-state index is 2.41. The molecule has 0 saturated heterocycles. The number of aryl methyl sites for hydroxylation is 1. The average molecular weight is 651 g/mol. The van der Waals surface area contributed by atoms with E-state index in [0.29, 0.717) is 0 Å². The molecule has 2 nitrogen and oxygen atoms in total. The van der Waals surface area contributed by atoms with E-state index >= 15 is 0 Å². The predicted octanol–water partition coefficient (Wildman–Crippen LogP) is 13.7. The molecule has 0 amide bonds. The number of nitrogens with zero attached hydrogens (tertiary/aromatic N) is 2. The Kier molecular flexibility index (Phi) is 6.75. The first kappa shape index (κ1) is 29.3. The normalized spacial score (nSPS) is 11.6. The van der Waals surface area contributed by atoms with Crippen molar-refractivity contribution in [1.29, 1.82) is 0 Å². The first-order valence-corrected chi connectivity index (χ1v) is 17.6. The van der Waals surface area contributed by atoms with Crippen LogP contribution < -0.4 is 4.90 Å². The largest absolute Gasteiger partial charge is 0.310 e. The van der Waals surface area contributed by atoms with E-state index in [1.54, 1.807) is 0 Å². The topological polar surface area (TPSA) is 8.17 Å². The van der Waals surface area contributed by atoms with Crippen molar-refractivity contribution < 1.29 is 0 Å². The van der Waals surface area contributed by atoms with Gasteiger partial charge in [-0.1, -0.05) is 133 Å². The van der Waals surface area contributed by atoms with Crippen LogP contribution in [-0.2, 0) is 0 Å². The first-order valence-electron chi connectivity index (χ1n) is 17.6. The Morgan fingerprint density at radius 2 is 0.804 bits per heavy atom. The second kappa shape index (κ2) is 11.8. The fourth-order valence-corrected chi connectivity index (χ4v) is 7.99. The van der Waals surface area contributed by atoms with Crippen molar-refractivity contribution in [3.05, 3.63) is 194 Å². The summed E-state index contributed by atoms with van der Waals surface area (Å²) < 4.78 is 2.39. The van der Waals surface area contributed by atoms with E-state index in [1.165, 1.54) is 76.5 Å². The fourth-order valence-electron chi connectivity index (χ4n) is 7.99. The van der Waals surface area contributed by atoms with Crippen molar-refractivity contribution in [3.8, 4) is 16.8 Å². The van der Waals surface area contributed by atoms with E-state index in [-0.39, 0.29) is 0 Å². The molecule has 0 unspecified atom stereocenters. The third kappa shape index (κ3) is 4.80. The standard InChI is InChI=1S/C49H34N2/c1-33-19-23-37(24-20-33)51-48-18-10-9-17-45(48)47-32-39(28-30-49(47)51)50(36-25-21-35(22-26-36)34-11-3-2-4-12-34)38-27-29-44-42-15-6-5-13-40(42)41-14-7-8-16-43(41)46(44)31-38/h2-32H,1H3. The minimum atomic E-state index is 1.11. The minimum absolute atomic E-state index is 1.11. The molecule has 0 aliphatic heterocycles. The Morgan fingerprint density at radius 3 is 1.47 bits per heavy atom. The molecule has 0 saturated carbocycles. The number of rotatable bonds is 5. The van der Waals surface area contributed by atoms with Crippen molar-refractivity contribution >= 4 is 71.2 Å². The van der Waals surface area contributed by atoms with E-state index in [4.69, 9.17) is 0 Å². The first-order chi connectivity index (χ1) is 25.2. The number of benzene rings is 9. The highest BCUT2D eigenvalue weighted by molar-refractivity contribution is 6.26. The third-order valence-corrected chi connectivity index (χ3v) is 10.4. The summed E-state index contributed by atoms with van der Waals surface area (Å²) in [4.78, 5) is 2.41. The summed E-state index contributed by atoms with van der Waals surface area (Å²) in [6, 6.07) is 68.7. The monoisotopic (exact) mass is 650 g/mol. The van der Waals surface area contributed by atoms with Gasteiger partial charge in [0.15, 0.2) is 0 Å². The van der Waals surface area contributed by atoms with Crippen molar-refractivity contribution in [2.45, 2.75) is 6.92 Å². The lowest BCUT2D eigenvalue weighted by Crippen LogP contribution is -2.10. The number of hydrogen-bond acceptors (Lipinski definition) is 1. The highest BCUT2D eigenvalue weighted by Gasteiger charge is 2.19. The van der Waals surface area contributed by atoms with Crippen LogP contribution in [0.2, 0.25) is 0 Å². The van der Waals surface area contributed by atoms with Crippen LogP contribution >= 0.6 is 0 Å². The summed E-state index contributed by atoms with van der Waals surface area (Å²) in [6.07, 6.45) is 0. The van der Waals surface area contributed by atoms with Gasteiger partial charge in [-0.2, -0.15) is 0 Å². The molecule has 0 aliphatic carbocycles. The van der Waals surface area contributed by atoms with E-state index in [9.17, 15) is 0 Å². The molecule has 0 fully saturated rings. The molecule has 240 valence electrons. The Hall–Kier alpha value is -6.64. The molecule has 0 aliphatic rings. The maximum atomic E-state index is 2.41. The van der Waals surface area contributed by atoms with E-state index in [1.807, 2.05) is 0 Å². The van der Waals surface area contributed by atoms with E-state index in [2.05, 4.69) is 204 Å². The summed E-state index contributed by atoms with van der Waals surface area (Å²) in [5.41, 5.74) is 10.6. The number of hydrogen-bond donors (Lipinski definition) is 0. The zero-order valence-corrected chi connectivity index (χ0v) is 28.3. The smallest absolute Gasteiger partial charge is 0.0542 e. The summed E-state index contributed by atoms with van der Waals surface area (Å²) in [7, 11) is 0. The van der Waals surface area contributed by atoms with Crippen LogP contribution in [0.4, 0.5) is 17.1 Å². The van der Waals surface area contributed by atoms with Crippen LogP contribution in [0.15, 0.2) is 188 Å². The molecule has 51 heavy (non-hydrogen) atoms. The van der Waals surface area contributed by atoms with Crippen LogP contribution in [0.5, 0.6) is 0 Å². The van der Waals surface area contributed by atoms with E-state index in [0.717, 1.165) is 17.1 Å². The van der Waals surface area contributed by atoms with Crippen molar-refractivity contribution in [2.24, 2.45) is 0 Å². The molecular formula is C49H34N2. The SMILES string of the molecule is Cc1ccc(-n2c3ccccc3c3cc(N(c4ccc(-c5ccccc5)cc4)c4ccc5c6ccccc6c6ccccc6c5c4)ccc32)cc1. The summed E-state index contributed by atoms with van der Waals surface area (Å²) in [5, 5.41) is 10.1. The van der Waals surface area contributed by atoms with Gasteiger partial charge in [-0.05, 0) is 111 Å². The van der Waals surface area contributed by atoms with Gasteiger partial charge in [0, 0.05) is 33.5 Å². The molecule has 10 aromatic rings. The number of para-hydroxylation sites is 1. The van der Waals surface area contributed by atoms with Crippen LogP contribution in [-0.4, -0.2) is 4.57 Å². The van der Waals surface area contributed by atoms with Crippen LogP contribution in [0.1, 0.15) is 5.56 Å². The molecule has 0 radical (unpaired) electrons. The van der Waals surface area contributed by atoms with Crippen molar-refractivity contribution in [2.75, 3.05) is 4.90 Å². The molecule has 0 spiro atoms. The van der Waals surface area contributed by atoms with Crippen molar-refractivity contribution in [3.63, 3.8) is 0 Å². The zero-order chi connectivity index (χ0) is 33.9. The molecule has 0 bridgehead atoms. The number of aromatic nitrogens is 1. The second-order valence-corrected chi connectivity index (χ2v) is 13.5. The molecule has 1 heterocycles. The van der Waals surface area contributed by atoms with Gasteiger partial charge in [0.05, 0.1) is 11.0 Å². The van der Waals surface area contributed by atoms with Gasteiger partial charge in [0.1, 0.15) is 0 Å². The number of fused-ring (bicyclic) bond motifs is 9. The highest BCUT2D eigenvalue weighted by atomic mass is 15.1. The summed E-state index contributed by atoms with van der Waals surface area (Å²) in [6.45, 7) is 2.14. The van der Waals surface area contributed by atoms with Gasteiger partial charge in [-0.15, -0.1) is 0 Å². The van der Waals surface area contributed by atoms with Gasteiger partial charge < -0.3 is 9.47 Å². The lowest BCUT2D eigenvalue weighted by atomic mass is 9.94. The van der Waals surface area contributed by atoms with Crippen molar-refractivity contribution in [1.82, 2.24) is 4.57 Å². The van der Waals surface area contributed by atoms with Gasteiger partial charge >= 0.3 is 0 Å². The molecule has 2 heteroatoms. The Balaban J connectivity index is 1.22. The fraction of sp³-hybridized carbons (Fsp3) is 0.0204. The van der Waals surface area contributed by atoms with Gasteiger partial charge in [0.25, 0.3) is 0 Å². The molecule has 9 aromatic carbocycles. The molecule has 0 N–H and O–H groups in total. The van der Waals surface area contributed by atoms with Crippen LogP contribution in [0.25, 0.3) is 70.9 Å². The second-order valence-electron chi connectivity index (χ2n) is 13.5. The predicted molar refractivity (Wildman–Crippen MR) is 218 cm³/mol. The highest BCUT2D eigenvalue weighted by Crippen LogP contribution is 2.43. The van der Waals surface area contributed by atoms with Gasteiger partial charge in [-0.3, -0.25) is 0 Å². The quantitative estimate of drug-likeness (QED) is 0.168. The zero-order valence-electron chi connectivity index (χ0n) is 28.3. The Labute approximate surface area is 297 Å². The van der Waals surface area contributed by atoms with Crippen LogP contribution in [0, 0.1) is 6.92 Å². The maximum Gasteiger partial charge on any atom is 0.0542 e. The molecule has 10 rings (SSSR count). The van der Waals surface area contributed by atoms with Gasteiger partial charge in [0.2, 0.25) is 0 Å². The Bertz CT molecular complexity index is 2860. The average Bonchev–Trinajstić information content (AvgIpc) is 3.53. The lowest BCUT2D eigenvalue weighted by Gasteiger charge is -2.27. The van der Waals surface area contributed by atoms with Crippen LogP contribution in [0.3, 0.4) is 0 Å². The number of anilines is 3. The summed E-state index contributed by atoms with van der Waals surface area (Å²) >= 11 is 0. The third-order valence-electron chi connectivity index (χ3n) is 10.4. The summed E-state index contributed by atoms with van der Waals surface area (Å²) in [5.74, 6) is 0. The lowest BCUT2D eigenvalue weighted by molar-refractivity contribution is 1.17. The van der Waals surface area contributed by atoms with Gasteiger partial charge in [-0.25, -0.2) is 0 Å². The van der Waals surface area contributed by atoms with E-state index < -0.39 is 0 Å². The minimum Gasteiger partial charge on any atom is -0.310 e. The Morgan fingerprint density at radius 1 is 0.333 bits per heavy atom. The molecular weight excluding hydrogens is 617 g/mol.